The van der Waals surface area contributed by atoms with Gasteiger partial charge in [-0.15, -0.1) is 0 Å². The van der Waals surface area contributed by atoms with Crippen LogP contribution in [0.5, 0.6) is 0 Å². The van der Waals surface area contributed by atoms with Gasteiger partial charge in [0, 0.05) is 0 Å². The van der Waals surface area contributed by atoms with Crippen molar-refractivity contribution < 1.29 is 0 Å². The van der Waals surface area contributed by atoms with Crippen LogP contribution in [0.2, 0.25) is 0 Å². The summed E-state index contributed by atoms with van der Waals surface area (Å²) in [6.07, 6.45) is 6.66. The molecule has 0 spiro atoms. The lowest BCUT2D eigenvalue weighted by Gasteiger charge is -2.38. The minimum absolute atomic E-state index is 0.993. The molecule has 0 aromatic rings. The molecule has 2 bridgehead atoms. The predicted molar refractivity (Wildman–Crippen MR) is 34.6 cm³/mol. The average Bonchev–Trinajstić information content (AvgIpc) is 1.62. The van der Waals surface area contributed by atoms with Crippen molar-refractivity contribution in [1.29, 1.82) is 0 Å². The van der Waals surface area contributed by atoms with Crippen molar-refractivity contribution in [3.05, 3.63) is 11.6 Å². The molecule has 0 heteroatoms. The van der Waals surface area contributed by atoms with Gasteiger partial charge >= 0.3 is 0 Å². The second kappa shape index (κ2) is 1.37. The zero-order valence-electron chi connectivity index (χ0n) is 5.35. The lowest BCUT2D eigenvalue weighted by Crippen LogP contribution is -2.26. The Kier molecular flexibility index (Phi) is 0.787. The Morgan fingerprint density at radius 3 is 2.50 bits per heavy atom. The molecule has 0 amide bonds. The van der Waals surface area contributed by atoms with E-state index < -0.39 is 0 Å². The van der Waals surface area contributed by atoms with Crippen molar-refractivity contribution in [3.8, 4) is 0 Å². The average molecular weight is 108 g/mol. The molecule has 1 unspecified atom stereocenters. The zero-order chi connectivity index (χ0) is 5.56. The SMILES string of the molecule is CC1CC=C2CC1C2. The Morgan fingerprint density at radius 2 is 2.25 bits per heavy atom. The Morgan fingerprint density at radius 1 is 1.50 bits per heavy atom. The van der Waals surface area contributed by atoms with Crippen molar-refractivity contribution >= 4 is 0 Å². The van der Waals surface area contributed by atoms with Crippen molar-refractivity contribution in [2.24, 2.45) is 11.8 Å². The summed E-state index contributed by atoms with van der Waals surface area (Å²) < 4.78 is 0. The first-order valence-electron chi connectivity index (χ1n) is 3.54. The summed E-state index contributed by atoms with van der Waals surface area (Å²) in [5, 5.41) is 0. The van der Waals surface area contributed by atoms with Crippen LogP contribution in [-0.2, 0) is 0 Å². The summed E-state index contributed by atoms with van der Waals surface area (Å²) in [5.74, 6) is 2.07. The first-order valence-corrected chi connectivity index (χ1v) is 3.54. The Labute approximate surface area is 50.6 Å². The lowest BCUT2D eigenvalue weighted by atomic mass is 9.67. The first-order chi connectivity index (χ1) is 3.86. The van der Waals surface area contributed by atoms with E-state index in [0.717, 1.165) is 11.8 Å². The van der Waals surface area contributed by atoms with Gasteiger partial charge in [-0.25, -0.2) is 0 Å². The normalized spacial score (nSPS) is 42.9. The summed E-state index contributed by atoms with van der Waals surface area (Å²) in [5.41, 5.74) is 1.73. The Bertz CT molecular complexity index is 125. The van der Waals surface area contributed by atoms with Crippen molar-refractivity contribution in [3.63, 3.8) is 0 Å². The second-order valence-electron chi connectivity index (χ2n) is 3.24. The van der Waals surface area contributed by atoms with E-state index in [1.807, 2.05) is 0 Å². The Hall–Kier alpha value is -0.260. The molecule has 0 aromatic heterocycles. The van der Waals surface area contributed by atoms with Gasteiger partial charge in [0.2, 0.25) is 0 Å². The molecule has 0 saturated heterocycles. The minimum atomic E-state index is 0.993. The third-order valence-electron chi connectivity index (χ3n) is 2.63. The standard InChI is InChI=1S/C8H12/c1-6-2-3-7-4-8(6)5-7/h3,6,8H,2,4-5H2,1H3. The van der Waals surface area contributed by atoms with E-state index in [1.54, 1.807) is 5.57 Å². The number of hydrogen-bond donors (Lipinski definition) is 0. The molecule has 3 aliphatic carbocycles. The van der Waals surface area contributed by atoms with E-state index >= 15 is 0 Å². The minimum Gasteiger partial charge on any atom is -0.0850 e. The molecule has 0 heterocycles. The highest BCUT2D eigenvalue weighted by Gasteiger charge is 2.31. The van der Waals surface area contributed by atoms with Crippen LogP contribution in [0.1, 0.15) is 26.2 Å². The quantitative estimate of drug-likeness (QED) is 0.418. The van der Waals surface area contributed by atoms with Crippen molar-refractivity contribution in [1.82, 2.24) is 0 Å². The maximum atomic E-state index is 2.44. The van der Waals surface area contributed by atoms with E-state index in [-0.39, 0.29) is 0 Å². The first kappa shape index (κ1) is 4.60. The topological polar surface area (TPSA) is 0 Å². The molecule has 0 radical (unpaired) electrons. The van der Waals surface area contributed by atoms with E-state index in [2.05, 4.69) is 13.0 Å². The Balaban J connectivity index is 2.19. The third-order valence-corrected chi connectivity index (χ3v) is 2.63. The predicted octanol–water partition coefficient (Wildman–Crippen LogP) is 2.36. The third kappa shape index (κ3) is 0.460. The van der Waals surface area contributed by atoms with Crippen LogP contribution in [0, 0.1) is 11.8 Å². The van der Waals surface area contributed by atoms with Gasteiger partial charge in [0.1, 0.15) is 0 Å². The molecule has 0 aromatic carbocycles. The zero-order valence-corrected chi connectivity index (χ0v) is 5.35. The maximum Gasteiger partial charge on any atom is -0.0286 e. The summed E-state index contributed by atoms with van der Waals surface area (Å²) in [6, 6.07) is 0. The maximum absolute atomic E-state index is 2.44. The largest absolute Gasteiger partial charge is 0.0850 e. The molecule has 44 valence electrons. The molecule has 1 saturated carbocycles. The van der Waals surface area contributed by atoms with Crippen LogP contribution >= 0.6 is 0 Å². The molecule has 3 rings (SSSR count). The molecule has 0 nitrogen and oxygen atoms in total. The van der Waals surface area contributed by atoms with Gasteiger partial charge in [0.15, 0.2) is 0 Å². The smallest absolute Gasteiger partial charge is 0.0286 e. The van der Waals surface area contributed by atoms with Gasteiger partial charge < -0.3 is 0 Å². The summed E-state index contributed by atoms with van der Waals surface area (Å²) in [4.78, 5) is 0. The number of rotatable bonds is 0. The summed E-state index contributed by atoms with van der Waals surface area (Å²) >= 11 is 0. The van der Waals surface area contributed by atoms with Crippen molar-refractivity contribution in [2.45, 2.75) is 26.2 Å². The number of hydrogen-bond acceptors (Lipinski definition) is 0. The van der Waals surface area contributed by atoms with E-state index in [9.17, 15) is 0 Å². The monoisotopic (exact) mass is 108 g/mol. The fourth-order valence-corrected chi connectivity index (χ4v) is 1.73. The van der Waals surface area contributed by atoms with Crippen LogP contribution in [0.3, 0.4) is 0 Å². The van der Waals surface area contributed by atoms with Gasteiger partial charge in [0.25, 0.3) is 0 Å². The fraction of sp³-hybridized carbons (Fsp3) is 0.750. The summed E-state index contributed by atoms with van der Waals surface area (Å²) in [7, 11) is 0. The van der Waals surface area contributed by atoms with Gasteiger partial charge in [-0.05, 0) is 31.1 Å². The van der Waals surface area contributed by atoms with Gasteiger partial charge in [-0.3, -0.25) is 0 Å². The summed E-state index contributed by atoms with van der Waals surface area (Å²) in [6.45, 7) is 2.37. The highest BCUT2D eigenvalue weighted by atomic mass is 14.4. The van der Waals surface area contributed by atoms with E-state index in [0.29, 0.717) is 0 Å². The molecule has 1 atom stereocenters. The molecular weight excluding hydrogens is 96.1 g/mol. The van der Waals surface area contributed by atoms with Crippen LogP contribution in [0.15, 0.2) is 11.6 Å². The van der Waals surface area contributed by atoms with Crippen LogP contribution in [-0.4, -0.2) is 0 Å². The van der Waals surface area contributed by atoms with E-state index in [1.165, 1.54) is 19.3 Å². The van der Waals surface area contributed by atoms with E-state index in [4.69, 9.17) is 0 Å². The highest BCUT2D eigenvalue weighted by Crippen LogP contribution is 2.44. The molecular formula is C8H12. The van der Waals surface area contributed by atoms with Crippen LogP contribution < -0.4 is 0 Å². The van der Waals surface area contributed by atoms with Gasteiger partial charge in [-0.1, -0.05) is 18.6 Å². The fourth-order valence-electron chi connectivity index (χ4n) is 1.73. The van der Waals surface area contributed by atoms with Gasteiger partial charge in [0.05, 0.1) is 0 Å². The number of fused-ring (bicyclic) bond motifs is 2. The van der Waals surface area contributed by atoms with Crippen LogP contribution in [0.25, 0.3) is 0 Å². The molecule has 3 aliphatic rings. The number of allylic oxidation sites excluding steroid dienone is 2. The van der Waals surface area contributed by atoms with Crippen molar-refractivity contribution in [2.75, 3.05) is 0 Å². The van der Waals surface area contributed by atoms with Gasteiger partial charge in [-0.2, -0.15) is 0 Å². The molecule has 0 aliphatic heterocycles. The molecule has 1 fully saturated rings. The lowest BCUT2D eigenvalue weighted by molar-refractivity contribution is 0.264. The molecule has 0 N–H and O–H groups in total. The second-order valence-corrected chi connectivity index (χ2v) is 3.24. The highest BCUT2D eigenvalue weighted by molar-refractivity contribution is 5.18. The van der Waals surface area contributed by atoms with Crippen LogP contribution in [0.4, 0.5) is 0 Å². The molecule has 8 heavy (non-hydrogen) atoms.